The fourth-order valence-corrected chi connectivity index (χ4v) is 6.12. The third kappa shape index (κ3) is 3.90. The van der Waals surface area contributed by atoms with Gasteiger partial charge in [-0.3, -0.25) is 10.1 Å². The summed E-state index contributed by atoms with van der Waals surface area (Å²) in [4.78, 5) is 16.7. The standard InChI is InChI=1S/C14H15N3O4S4/c1-21-9-4-6-10(7-5-9)25(19,20)17-8-2-3-11(17)12(18)15-13-16-14(22)24-23-13/h4-7,11H,2-3,8H2,1H3,(H,15,16,18,22). The summed E-state index contributed by atoms with van der Waals surface area (Å²) in [6, 6.07) is 5.37. The predicted octanol–water partition coefficient (Wildman–Crippen LogP) is 2.73. The number of hydrogen-bond donors (Lipinski definition) is 1. The Bertz CT molecular complexity index is 920. The molecule has 1 unspecified atom stereocenters. The summed E-state index contributed by atoms with van der Waals surface area (Å²) >= 11 is 4.94. The maximum Gasteiger partial charge on any atom is 0.244 e. The molecule has 1 amide bonds. The van der Waals surface area contributed by atoms with Gasteiger partial charge < -0.3 is 4.74 Å². The number of nitrogens with zero attached hydrogens (tertiary/aromatic N) is 2. The normalized spacial score (nSPS) is 18.2. The van der Waals surface area contributed by atoms with Gasteiger partial charge in [0.1, 0.15) is 11.8 Å². The number of carbonyl (C=O) groups is 1. The molecule has 134 valence electrons. The molecule has 2 heterocycles. The van der Waals surface area contributed by atoms with Crippen LogP contribution in [0, 0.1) is 3.95 Å². The lowest BCUT2D eigenvalue weighted by molar-refractivity contribution is -0.119. The number of methoxy groups -OCH3 is 1. The van der Waals surface area contributed by atoms with Gasteiger partial charge in [0.2, 0.25) is 21.1 Å². The molecule has 0 aliphatic carbocycles. The molecule has 1 atom stereocenters. The number of anilines is 1. The van der Waals surface area contributed by atoms with E-state index in [0.717, 1.165) is 0 Å². The molecule has 1 aliphatic heterocycles. The molecular formula is C14H15N3O4S4. The molecule has 1 N–H and O–H groups in total. The van der Waals surface area contributed by atoms with E-state index in [4.69, 9.17) is 17.0 Å². The minimum atomic E-state index is -3.76. The van der Waals surface area contributed by atoms with Crippen LogP contribution < -0.4 is 10.1 Å². The summed E-state index contributed by atoms with van der Waals surface area (Å²) < 4.78 is 32.5. The first kappa shape index (κ1) is 18.4. The summed E-state index contributed by atoms with van der Waals surface area (Å²) in [5.41, 5.74) is 0. The Labute approximate surface area is 157 Å². The lowest BCUT2D eigenvalue weighted by Gasteiger charge is -2.23. The van der Waals surface area contributed by atoms with Gasteiger partial charge in [-0.1, -0.05) is 0 Å². The number of amides is 1. The molecule has 1 saturated heterocycles. The average molecular weight is 418 g/mol. The van der Waals surface area contributed by atoms with Crippen molar-refractivity contribution in [3.8, 4) is 5.75 Å². The van der Waals surface area contributed by atoms with Crippen LogP contribution in [-0.4, -0.2) is 43.3 Å². The van der Waals surface area contributed by atoms with E-state index >= 15 is 0 Å². The molecule has 2 aromatic rings. The quantitative estimate of drug-likeness (QED) is 0.594. The van der Waals surface area contributed by atoms with Crippen molar-refractivity contribution in [2.45, 2.75) is 23.8 Å². The summed E-state index contributed by atoms with van der Waals surface area (Å²) in [5, 5.41) is 3.06. The van der Waals surface area contributed by atoms with Crippen LogP contribution in [0.1, 0.15) is 12.8 Å². The Kier molecular flexibility index (Phi) is 5.49. The number of hydrogen-bond acceptors (Lipinski definition) is 8. The second kappa shape index (κ2) is 7.46. The summed E-state index contributed by atoms with van der Waals surface area (Å²) in [6.45, 7) is 0.305. The molecule has 25 heavy (non-hydrogen) atoms. The molecule has 1 aliphatic rings. The van der Waals surface area contributed by atoms with Gasteiger partial charge in [-0.05, 0) is 70.0 Å². The monoisotopic (exact) mass is 417 g/mol. The van der Waals surface area contributed by atoms with Crippen LogP contribution in [0.3, 0.4) is 0 Å². The molecule has 7 nitrogen and oxygen atoms in total. The van der Waals surface area contributed by atoms with Gasteiger partial charge in [0.25, 0.3) is 0 Å². The maximum atomic E-state index is 12.9. The second-order valence-corrected chi connectivity index (χ2v) is 9.93. The second-order valence-electron chi connectivity index (χ2n) is 5.29. The van der Waals surface area contributed by atoms with Crippen molar-refractivity contribution in [3.05, 3.63) is 28.2 Å². The van der Waals surface area contributed by atoms with Gasteiger partial charge in [-0.2, -0.15) is 9.29 Å². The fourth-order valence-electron chi connectivity index (χ4n) is 2.61. The molecule has 0 radical (unpaired) electrons. The third-order valence-electron chi connectivity index (χ3n) is 3.79. The Hall–Kier alpha value is -1.40. The first-order chi connectivity index (χ1) is 11.9. The van der Waals surface area contributed by atoms with E-state index in [-0.39, 0.29) is 10.8 Å². The van der Waals surface area contributed by atoms with Crippen molar-refractivity contribution in [2.24, 2.45) is 0 Å². The van der Waals surface area contributed by atoms with Crippen LogP contribution >= 0.6 is 32.9 Å². The fraction of sp³-hybridized carbons (Fsp3) is 0.357. The van der Waals surface area contributed by atoms with E-state index in [9.17, 15) is 13.2 Å². The van der Waals surface area contributed by atoms with Crippen molar-refractivity contribution in [2.75, 3.05) is 19.0 Å². The van der Waals surface area contributed by atoms with Crippen LogP contribution in [0.25, 0.3) is 0 Å². The SMILES string of the molecule is COc1ccc(S(=O)(=O)N2CCCC2C(=O)Nc2nc(=S)ss2)cc1. The molecular weight excluding hydrogens is 402 g/mol. The Morgan fingerprint density at radius 3 is 2.68 bits per heavy atom. The minimum Gasteiger partial charge on any atom is -0.497 e. The lowest BCUT2D eigenvalue weighted by Crippen LogP contribution is -2.43. The highest BCUT2D eigenvalue weighted by molar-refractivity contribution is 7.89. The smallest absolute Gasteiger partial charge is 0.244 e. The van der Waals surface area contributed by atoms with E-state index in [2.05, 4.69) is 10.3 Å². The zero-order chi connectivity index (χ0) is 18.0. The topological polar surface area (TPSA) is 88.6 Å². The van der Waals surface area contributed by atoms with Gasteiger partial charge in [-0.15, -0.1) is 0 Å². The maximum absolute atomic E-state index is 12.9. The van der Waals surface area contributed by atoms with Crippen LogP contribution in [0.5, 0.6) is 5.75 Å². The zero-order valence-corrected chi connectivity index (χ0v) is 16.4. The van der Waals surface area contributed by atoms with E-state index in [1.165, 1.54) is 44.2 Å². The number of carbonyl (C=O) groups excluding carboxylic acids is 1. The molecule has 1 aromatic carbocycles. The highest BCUT2D eigenvalue weighted by Gasteiger charge is 2.39. The van der Waals surface area contributed by atoms with Gasteiger partial charge in [0.05, 0.1) is 12.0 Å². The average Bonchev–Trinajstić information content (AvgIpc) is 3.24. The van der Waals surface area contributed by atoms with Crippen molar-refractivity contribution in [3.63, 3.8) is 0 Å². The summed E-state index contributed by atoms with van der Waals surface area (Å²) in [6.07, 6.45) is 1.09. The van der Waals surface area contributed by atoms with Crippen molar-refractivity contribution >= 4 is 54.0 Å². The number of ether oxygens (including phenoxy) is 1. The summed E-state index contributed by atoms with van der Waals surface area (Å²) in [7, 11) is 0.290. The zero-order valence-electron chi connectivity index (χ0n) is 13.2. The van der Waals surface area contributed by atoms with Crippen LogP contribution in [-0.2, 0) is 14.8 Å². The van der Waals surface area contributed by atoms with Gasteiger partial charge in [-0.25, -0.2) is 8.42 Å². The molecule has 0 bridgehead atoms. The largest absolute Gasteiger partial charge is 0.497 e. The van der Waals surface area contributed by atoms with Crippen molar-refractivity contribution in [1.82, 2.24) is 9.29 Å². The number of nitrogens with one attached hydrogen (secondary N) is 1. The van der Waals surface area contributed by atoms with E-state index in [0.29, 0.717) is 34.2 Å². The first-order valence-electron chi connectivity index (χ1n) is 7.36. The Morgan fingerprint density at radius 2 is 2.08 bits per heavy atom. The Morgan fingerprint density at radius 1 is 1.36 bits per heavy atom. The van der Waals surface area contributed by atoms with Gasteiger partial charge >= 0.3 is 0 Å². The highest BCUT2D eigenvalue weighted by Crippen LogP contribution is 2.28. The first-order valence-corrected chi connectivity index (χ1v) is 11.4. The summed E-state index contributed by atoms with van der Waals surface area (Å²) in [5.74, 6) is 0.186. The lowest BCUT2D eigenvalue weighted by atomic mass is 10.2. The number of benzene rings is 1. The molecule has 0 spiro atoms. The minimum absolute atomic E-state index is 0.136. The molecule has 3 rings (SSSR count). The van der Waals surface area contributed by atoms with Crippen molar-refractivity contribution in [1.29, 1.82) is 0 Å². The van der Waals surface area contributed by atoms with E-state index in [1.807, 2.05) is 0 Å². The van der Waals surface area contributed by atoms with E-state index in [1.54, 1.807) is 12.1 Å². The van der Waals surface area contributed by atoms with E-state index < -0.39 is 16.1 Å². The Balaban J connectivity index is 1.81. The van der Waals surface area contributed by atoms with Gasteiger partial charge in [0.15, 0.2) is 3.95 Å². The highest BCUT2D eigenvalue weighted by atomic mass is 32.9. The van der Waals surface area contributed by atoms with Gasteiger partial charge in [0, 0.05) is 6.54 Å². The predicted molar refractivity (Wildman–Crippen MR) is 99.4 cm³/mol. The molecule has 0 saturated carbocycles. The van der Waals surface area contributed by atoms with Crippen LogP contribution in [0.2, 0.25) is 0 Å². The third-order valence-corrected chi connectivity index (χ3v) is 8.23. The molecule has 1 aromatic heterocycles. The van der Waals surface area contributed by atoms with Crippen LogP contribution in [0.4, 0.5) is 5.13 Å². The van der Waals surface area contributed by atoms with Crippen LogP contribution in [0.15, 0.2) is 29.2 Å². The number of sulfonamides is 1. The number of aromatic nitrogens is 1. The van der Waals surface area contributed by atoms with Crippen molar-refractivity contribution < 1.29 is 17.9 Å². The molecule has 1 fully saturated rings. The molecule has 11 heteroatoms. The number of rotatable bonds is 5.